The van der Waals surface area contributed by atoms with Gasteiger partial charge in [0.25, 0.3) is 0 Å². The van der Waals surface area contributed by atoms with E-state index >= 15 is 0 Å². The maximum Gasteiger partial charge on any atom is 0.389 e. The predicted molar refractivity (Wildman–Crippen MR) is 59.8 cm³/mol. The fourth-order valence-electron chi connectivity index (χ4n) is 1.33. The van der Waals surface area contributed by atoms with E-state index in [4.69, 9.17) is 10.5 Å². The van der Waals surface area contributed by atoms with Crippen LogP contribution in [0.15, 0.2) is 24.3 Å². The topological polar surface area (TPSA) is 35.2 Å². The van der Waals surface area contributed by atoms with Crippen LogP contribution in [0.2, 0.25) is 0 Å². The van der Waals surface area contributed by atoms with Crippen LogP contribution in [-0.2, 0) is 0 Å². The monoisotopic (exact) mass is 247 g/mol. The van der Waals surface area contributed by atoms with E-state index in [0.29, 0.717) is 5.75 Å². The Labute approximate surface area is 98.6 Å². The summed E-state index contributed by atoms with van der Waals surface area (Å²) in [6.45, 7) is 1.93. The third-order valence-corrected chi connectivity index (χ3v) is 2.28. The van der Waals surface area contributed by atoms with Gasteiger partial charge < -0.3 is 10.5 Å². The van der Waals surface area contributed by atoms with Crippen molar-refractivity contribution in [2.24, 2.45) is 5.73 Å². The average molecular weight is 247 g/mol. The summed E-state index contributed by atoms with van der Waals surface area (Å²) in [6, 6.07) is 6.99. The molecule has 1 atom stereocenters. The van der Waals surface area contributed by atoms with Gasteiger partial charge in [-0.25, -0.2) is 0 Å². The Morgan fingerprint density at radius 1 is 1.24 bits per heavy atom. The third kappa shape index (κ3) is 5.58. The van der Waals surface area contributed by atoms with Crippen molar-refractivity contribution >= 4 is 0 Å². The smallest absolute Gasteiger partial charge is 0.389 e. The van der Waals surface area contributed by atoms with Crippen LogP contribution < -0.4 is 10.5 Å². The van der Waals surface area contributed by atoms with Crippen LogP contribution in [0.3, 0.4) is 0 Å². The van der Waals surface area contributed by atoms with Crippen LogP contribution in [0.1, 0.15) is 31.4 Å². The molecule has 0 aliphatic carbocycles. The molecule has 0 saturated carbocycles. The van der Waals surface area contributed by atoms with E-state index in [9.17, 15) is 13.2 Å². The first-order valence-electron chi connectivity index (χ1n) is 5.43. The van der Waals surface area contributed by atoms with E-state index in [0.717, 1.165) is 5.56 Å². The van der Waals surface area contributed by atoms with E-state index in [2.05, 4.69) is 0 Å². The highest BCUT2D eigenvalue weighted by molar-refractivity contribution is 5.28. The largest absolute Gasteiger partial charge is 0.494 e. The summed E-state index contributed by atoms with van der Waals surface area (Å²) in [4.78, 5) is 0. The van der Waals surface area contributed by atoms with Crippen molar-refractivity contribution in [1.29, 1.82) is 0 Å². The zero-order valence-electron chi connectivity index (χ0n) is 9.63. The molecule has 0 saturated heterocycles. The molecule has 2 nitrogen and oxygen atoms in total. The first-order chi connectivity index (χ1) is 7.88. The van der Waals surface area contributed by atoms with Crippen molar-refractivity contribution in [1.82, 2.24) is 0 Å². The maximum absolute atomic E-state index is 11.9. The van der Waals surface area contributed by atoms with Gasteiger partial charge >= 0.3 is 6.18 Å². The second kappa shape index (κ2) is 5.91. The summed E-state index contributed by atoms with van der Waals surface area (Å²) in [6.07, 6.45) is -4.95. The SMILES string of the molecule is C[C@@H](N)c1ccc(OCCCC(F)(F)F)cc1. The van der Waals surface area contributed by atoms with Crippen molar-refractivity contribution in [3.05, 3.63) is 29.8 Å². The van der Waals surface area contributed by atoms with E-state index in [-0.39, 0.29) is 19.1 Å². The summed E-state index contributed by atoms with van der Waals surface area (Å²) >= 11 is 0. The van der Waals surface area contributed by atoms with E-state index < -0.39 is 12.6 Å². The number of alkyl halides is 3. The summed E-state index contributed by atoms with van der Waals surface area (Å²) in [7, 11) is 0. The second-order valence-corrected chi connectivity index (χ2v) is 3.92. The molecule has 0 radical (unpaired) electrons. The van der Waals surface area contributed by atoms with Gasteiger partial charge in [-0.05, 0) is 31.0 Å². The molecular formula is C12H16F3NO. The Morgan fingerprint density at radius 3 is 2.29 bits per heavy atom. The lowest BCUT2D eigenvalue weighted by molar-refractivity contribution is -0.136. The van der Waals surface area contributed by atoms with Crippen molar-refractivity contribution in [3.63, 3.8) is 0 Å². The summed E-state index contributed by atoms with van der Waals surface area (Å²) < 4.78 is 40.8. The molecule has 0 bridgehead atoms. The molecule has 5 heteroatoms. The standard InChI is InChI=1S/C12H16F3NO/c1-9(16)10-3-5-11(6-4-10)17-8-2-7-12(13,14)15/h3-6,9H,2,7-8,16H2,1H3/t9-/m1/s1. The number of rotatable bonds is 5. The lowest BCUT2D eigenvalue weighted by atomic mass is 10.1. The summed E-state index contributed by atoms with van der Waals surface area (Å²) in [5.41, 5.74) is 6.63. The molecule has 0 aliphatic rings. The molecule has 0 aliphatic heterocycles. The quantitative estimate of drug-likeness (QED) is 0.809. The third-order valence-electron chi connectivity index (χ3n) is 2.28. The zero-order chi connectivity index (χ0) is 12.9. The van der Waals surface area contributed by atoms with Gasteiger partial charge in [0, 0.05) is 12.5 Å². The van der Waals surface area contributed by atoms with Gasteiger partial charge in [-0.1, -0.05) is 12.1 Å². The Balaban J connectivity index is 2.33. The van der Waals surface area contributed by atoms with Crippen LogP contribution in [0.5, 0.6) is 5.75 Å². The van der Waals surface area contributed by atoms with Crippen LogP contribution >= 0.6 is 0 Å². The molecule has 1 aromatic rings. The number of ether oxygens (including phenoxy) is 1. The molecule has 1 aromatic carbocycles. The average Bonchev–Trinajstić information content (AvgIpc) is 2.24. The molecule has 0 unspecified atom stereocenters. The number of benzene rings is 1. The van der Waals surface area contributed by atoms with Crippen LogP contribution in [-0.4, -0.2) is 12.8 Å². The zero-order valence-corrected chi connectivity index (χ0v) is 9.63. The first kappa shape index (κ1) is 13.8. The molecule has 0 amide bonds. The van der Waals surface area contributed by atoms with Gasteiger partial charge in [-0.3, -0.25) is 0 Å². The highest BCUT2D eigenvalue weighted by Gasteiger charge is 2.26. The first-order valence-corrected chi connectivity index (χ1v) is 5.43. The molecule has 17 heavy (non-hydrogen) atoms. The fourth-order valence-corrected chi connectivity index (χ4v) is 1.33. The van der Waals surface area contributed by atoms with Crippen molar-refractivity contribution in [3.8, 4) is 5.75 Å². The second-order valence-electron chi connectivity index (χ2n) is 3.92. The highest BCUT2D eigenvalue weighted by atomic mass is 19.4. The van der Waals surface area contributed by atoms with E-state index in [1.54, 1.807) is 12.1 Å². The van der Waals surface area contributed by atoms with Crippen LogP contribution in [0.4, 0.5) is 13.2 Å². The number of nitrogens with two attached hydrogens (primary N) is 1. The molecule has 0 spiro atoms. The Morgan fingerprint density at radius 2 is 1.82 bits per heavy atom. The molecule has 2 N–H and O–H groups in total. The maximum atomic E-state index is 11.9. The number of halogens is 3. The van der Waals surface area contributed by atoms with Crippen LogP contribution in [0, 0.1) is 0 Å². The van der Waals surface area contributed by atoms with Gasteiger partial charge in [-0.2, -0.15) is 13.2 Å². The Bertz CT molecular complexity index is 333. The molecule has 1 rings (SSSR count). The fraction of sp³-hybridized carbons (Fsp3) is 0.500. The molecule has 0 fully saturated rings. The van der Waals surface area contributed by atoms with Crippen molar-refractivity contribution in [2.75, 3.05) is 6.61 Å². The Kier molecular flexibility index (Phi) is 4.81. The van der Waals surface area contributed by atoms with Gasteiger partial charge in [0.05, 0.1) is 6.61 Å². The molecule has 96 valence electrons. The van der Waals surface area contributed by atoms with Gasteiger partial charge in [0.15, 0.2) is 0 Å². The van der Waals surface area contributed by atoms with Crippen molar-refractivity contribution < 1.29 is 17.9 Å². The molecule has 0 aromatic heterocycles. The minimum atomic E-state index is -4.11. The minimum absolute atomic E-state index is 0.0292. The van der Waals surface area contributed by atoms with E-state index in [1.165, 1.54) is 0 Å². The predicted octanol–water partition coefficient (Wildman–Crippen LogP) is 3.43. The summed E-state index contributed by atoms with van der Waals surface area (Å²) in [5.74, 6) is 0.566. The van der Waals surface area contributed by atoms with Gasteiger partial charge in [0.1, 0.15) is 5.75 Å². The number of hydrogen-bond donors (Lipinski definition) is 1. The molecular weight excluding hydrogens is 231 g/mol. The van der Waals surface area contributed by atoms with Gasteiger partial charge in [0.2, 0.25) is 0 Å². The lowest BCUT2D eigenvalue weighted by Gasteiger charge is -2.09. The van der Waals surface area contributed by atoms with Gasteiger partial charge in [-0.15, -0.1) is 0 Å². The molecule has 0 heterocycles. The van der Waals surface area contributed by atoms with E-state index in [1.807, 2.05) is 19.1 Å². The lowest BCUT2D eigenvalue weighted by Crippen LogP contribution is -2.09. The van der Waals surface area contributed by atoms with Crippen molar-refractivity contribution in [2.45, 2.75) is 32.0 Å². The Hall–Kier alpha value is -1.23. The number of hydrogen-bond acceptors (Lipinski definition) is 2. The minimum Gasteiger partial charge on any atom is -0.494 e. The van der Waals surface area contributed by atoms with Crippen LogP contribution in [0.25, 0.3) is 0 Å². The highest BCUT2D eigenvalue weighted by Crippen LogP contribution is 2.22. The summed E-state index contributed by atoms with van der Waals surface area (Å²) in [5, 5.41) is 0. The normalized spacial score (nSPS) is 13.5.